The molecule has 3 nitrogen and oxygen atoms in total. The Balaban J connectivity index is 1.69. The van der Waals surface area contributed by atoms with Crippen molar-refractivity contribution in [2.45, 2.75) is 32.7 Å². The summed E-state index contributed by atoms with van der Waals surface area (Å²) in [5.74, 6) is 0.847. The van der Waals surface area contributed by atoms with Crippen molar-refractivity contribution in [1.29, 1.82) is 0 Å². The first-order chi connectivity index (χ1) is 10.2. The van der Waals surface area contributed by atoms with Gasteiger partial charge in [-0.3, -0.25) is 4.79 Å². The minimum atomic E-state index is -0.196. The lowest BCUT2D eigenvalue weighted by molar-refractivity contribution is 0.0850. The normalized spacial score (nSPS) is 19.9. The highest BCUT2D eigenvalue weighted by Crippen LogP contribution is 2.36. The number of rotatable bonds is 1. The Morgan fingerprint density at radius 1 is 1.05 bits per heavy atom. The number of Topliss-reactive ketones (excluding diaryl/α,β-unsaturated/α-hetero) is 1. The van der Waals surface area contributed by atoms with Crippen molar-refractivity contribution in [1.82, 2.24) is 0 Å². The van der Waals surface area contributed by atoms with E-state index in [4.69, 9.17) is 9.47 Å². The van der Waals surface area contributed by atoms with Gasteiger partial charge in [0.05, 0.1) is 25.2 Å². The molecule has 2 aromatic carbocycles. The van der Waals surface area contributed by atoms with E-state index >= 15 is 0 Å². The van der Waals surface area contributed by atoms with Gasteiger partial charge >= 0.3 is 0 Å². The van der Waals surface area contributed by atoms with Gasteiger partial charge in [-0.25, -0.2) is 0 Å². The zero-order chi connectivity index (χ0) is 14.4. The standard InChI is InChI=1S/C18H16O3/c1-11-2-5-17-15(6-11)16(19)8-18(21-17)12-3-4-13-9-20-10-14(13)7-12/h2-7,18H,8-10H2,1H3. The zero-order valence-electron chi connectivity index (χ0n) is 11.9. The molecule has 0 saturated heterocycles. The van der Waals surface area contributed by atoms with Crippen LogP contribution in [-0.2, 0) is 18.0 Å². The molecule has 0 radical (unpaired) electrons. The minimum Gasteiger partial charge on any atom is -0.484 e. The maximum atomic E-state index is 12.4. The van der Waals surface area contributed by atoms with E-state index in [1.807, 2.05) is 31.2 Å². The number of fused-ring (bicyclic) bond motifs is 2. The number of benzene rings is 2. The van der Waals surface area contributed by atoms with Crippen molar-refractivity contribution >= 4 is 5.78 Å². The number of ketones is 1. The molecule has 2 aliphatic rings. The number of carbonyl (C=O) groups excluding carboxylic acids is 1. The van der Waals surface area contributed by atoms with Crippen molar-refractivity contribution in [2.24, 2.45) is 0 Å². The quantitative estimate of drug-likeness (QED) is 0.798. The van der Waals surface area contributed by atoms with Gasteiger partial charge in [-0.05, 0) is 41.8 Å². The van der Waals surface area contributed by atoms with E-state index in [1.165, 1.54) is 11.1 Å². The summed E-state index contributed by atoms with van der Waals surface area (Å²) in [6.07, 6.45) is 0.203. The molecule has 0 amide bonds. The number of carbonyl (C=O) groups is 1. The summed E-state index contributed by atoms with van der Waals surface area (Å²) >= 11 is 0. The number of hydrogen-bond acceptors (Lipinski definition) is 3. The summed E-state index contributed by atoms with van der Waals surface area (Å²) in [6.45, 7) is 3.32. The van der Waals surface area contributed by atoms with Crippen LogP contribution in [0.15, 0.2) is 36.4 Å². The van der Waals surface area contributed by atoms with Gasteiger partial charge in [0.25, 0.3) is 0 Å². The van der Waals surface area contributed by atoms with Crippen LogP contribution in [0.4, 0.5) is 0 Å². The molecule has 0 N–H and O–H groups in total. The van der Waals surface area contributed by atoms with Crippen LogP contribution in [0.1, 0.15) is 45.1 Å². The molecule has 0 bridgehead atoms. The lowest BCUT2D eigenvalue weighted by Crippen LogP contribution is -2.20. The Hall–Kier alpha value is -2.13. The number of hydrogen-bond donors (Lipinski definition) is 0. The topological polar surface area (TPSA) is 35.5 Å². The van der Waals surface area contributed by atoms with Crippen molar-refractivity contribution < 1.29 is 14.3 Å². The van der Waals surface area contributed by atoms with E-state index in [-0.39, 0.29) is 11.9 Å². The van der Waals surface area contributed by atoms with Crippen LogP contribution in [0.3, 0.4) is 0 Å². The molecule has 0 saturated carbocycles. The van der Waals surface area contributed by atoms with Gasteiger partial charge in [0.2, 0.25) is 0 Å². The van der Waals surface area contributed by atoms with E-state index in [2.05, 4.69) is 12.1 Å². The second kappa shape index (κ2) is 4.71. The van der Waals surface area contributed by atoms with Crippen LogP contribution in [0.25, 0.3) is 0 Å². The van der Waals surface area contributed by atoms with Crippen molar-refractivity contribution in [3.63, 3.8) is 0 Å². The van der Waals surface area contributed by atoms with Gasteiger partial charge in [-0.2, -0.15) is 0 Å². The molecule has 21 heavy (non-hydrogen) atoms. The highest BCUT2D eigenvalue weighted by atomic mass is 16.5. The third-order valence-electron chi connectivity index (χ3n) is 4.19. The molecule has 1 unspecified atom stereocenters. The first-order valence-electron chi connectivity index (χ1n) is 7.20. The average molecular weight is 280 g/mol. The molecule has 0 aliphatic carbocycles. The predicted molar refractivity (Wildman–Crippen MR) is 78.4 cm³/mol. The minimum absolute atomic E-state index is 0.154. The summed E-state index contributed by atoms with van der Waals surface area (Å²) in [5, 5.41) is 0. The fourth-order valence-electron chi connectivity index (χ4n) is 3.02. The SMILES string of the molecule is Cc1ccc2c(c1)C(=O)CC(c1ccc3c(c1)COC3)O2. The molecular weight excluding hydrogens is 264 g/mol. The van der Waals surface area contributed by atoms with E-state index in [1.54, 1.807) is 0 Å². The lowest BCUT2D eigenvalue weighted by Gasteiger charge is -2.26. The maximum Gasteiger partial charge on any atom is 0.170 e. The summed E-state index contributed by atoms with van der Waals surface area (Å²) in [5.41, 5.74) is 5.28. The smallest absolute Gasteiger partial charge is 0.170 e. The van der Waals surface area contributed by atoms with Crippen LogP contribution in [-0.4, -0.2) is 5.78 Å². The first kappa shape index (κ1) is 12.6. The molecule has 0 aromatic heterocycles. The molecule has 3 heteroatoms. The van der Waals surface area contributed by atoms with Gasteiger partial charge in [0.1, 0.15) is 11.9 Å². The van der Waals surface area contributed by atoms with Crippen molar-refractivity contribution in [2.75, 3.05) is 0 Å². The van der Waals surface area contributed by atoms with Crippen molar-refractivity contribution in [3.8, 4) is 5.75 Å². The summed E-state index contributed by atoms with van der Waals surface area (Å²) in [7, 11) is 0. The van der Waals surface area contributed by atoms with E-state index in [9.17, 15) is 4.79 Å². The van der Waals surface area contributed by atoms with Crippen LogP contribution in [0.2, 0.25) is 0 Å². The monoisotopic (exact) mass is 280 g/mol. The molecule has 2 aromatic rings. The van der Waals surface area contributed by atoms with Crippen LogP contribution >= 0.6 is 0 Å². The Labute approximate surface area is 123 Å². The fraction of sp³-hybridized carbons (Fsp3) is 0.278. The second-order valence-corrected chi connectivity index (χ2v) is 5.75. The zero-order valence-corrected chi connectivity index (χ0v) is 11.9. The van der Waals surface area contributed by atoms with Crippen LogP contribution in [0, 0.1) is 6.92 Å². The maximum absolute atomic E-state index is 12.4. The highest BCUT2D eigenvalue weighted by Gasteiger charge is 2.28. The van der Waals surface area contributed by atoms with Gasteiger partial charge in [0, 0.05) is 0 Å². The molecule has 1 atom stereocenters. The molecule has 2 heterocycles. The number of ether oxygens (including phenoxy) is 2. The van der Waals surface area contributed by atoms with E-state index < -0.39 is 0 Å². The van der Waals surface area contributed by atoms with Gasteiger partial charge in [0.15, 0.2) is 5.78 Å². The Kier molecular flexibility index (Phi) is 2.82. The highest BCUT2D eigenvalue weighted by molar-refractivity contribution is 6.00. The summed E-state index contributed by atoms with van der Waals surface area (Å²) in [4.78, 5) is 12.4. The Bertz CT molecular complexity index is 733. The van der Waals surface area contributed by atoms with E-state index in [0.29, 0.717) is 30.9 Å². The summed E-state index contributed by atoms with van der Waals surface area (Å²) < 4.78 is 11.5. The fourth-order valence-corrected chi connectivity index (χ4v) is 3.02. The third kappa shape index (κ3) is 2.14. The third-order valence-corrected chi connectivity index (χ3v) is 4.19. The molecule has 0 spiro atoms. The molecular formula is C18H16O3. The Morgan fingerprint density at radius 3 is 2.81 bits per heavy atom. The predicted octanol–water partition coefficient (Wildman–Crippen LogP) is 3.73. The van der Waals surface area contributed by atoms with Gasteiger partial charge in [-0.15, -0.1) is 0 Å². The lowest BCUT2D eigenvalue weighted by atomic mass is 9.94. The van der Waals surface area contributed by atoms with Crippen LogP contribution in [0.5, 0.6) is 5.75 Å². The summed E-state index contributed by atoms with van der Waals surface area (Å²) in [6, 6.07) is 12.0. The molecule has 4 rings (SSSR count). The average Bonchev–Trinajstić information content (AvgIpc) is 2.95. The molecule has 0 fully saturated rings. The Morgan fingerprint density at radius 2 is 1.90 bits per heavy atom. The largest absolute Gasteiger partial charge is 0.484 e. The van der Waals surface area contributed by atoms with Gasteiger partial charge in [-0.1, -0.05) is 23.8 Å². The number of aryl methyl sites for hydroxylation is 1. The first-order valence-corrected chi connectivity index (χ1v) is 7.20. The second-order valence-electron chi connectivity index (χ2n) is 5.75. The van der Waals surface area contributed by atoms with Crippen molar-refractivity contribution in [3.05, 3.63) is 64.2 Å². The van der Waals surface area contributed by atoms with Crippen LogP contribution < -0.4 is 4.74 Å². The molecule has 106 valence electrons. The molecule has 2 aliphatic heterocycles. The van der Waals surface area contributed by atoms with Gasteiger partial charge < -0.3 is 9.47 Å². The van der Waals surface area contributed by atoms with E-state index in [0.717, 1.165) is 11.1 Å².